The molecule has 1 rings (SSSR count). The van der Waals surface area contributed by atoms with E-state index in [4.69, 9.17) is 9.15 Å². The SMILES string of the molecule is C=CCN(CC(=O)OCC)Cc1nnc(C(C)(C)C)o1. The molecule has 0 radical (unpaired) electrons. The Hall–Kier alpha value is -1.69. The molecule has 0 aliphatic carbocycles. The third kappa shape index (κ3) is 5.13. The van der Waals surface area contributed by atoms with Gasteiger partial charge in [0.05, 0.1) is 19.7 Å². The predicted octanol–water partition coefficient (Wildman–Crippen LogP) is 1.92. The molecule has 20 heavy (non-hydrogen) atoms. The van der Waals surface area contributed by atoms with Gasteiger partial charge in [0.25, 0.3) is 0 Å². The number of hydrogen-bond donors (Lipinski definition) is 0. The van der Waals surface area contributed by atoms with Crippen LogP contribution in [0.5, 0.6) is 0 Å². The second kappa shape index (κ2) is 7.19. The highest BCUT2D eigenvalue weighted by molar-refractivity contribution is 5.71. The lowest BCUT2D eigenvalue weighted by atomic mass is 9.97. The number of ether oxygens (including phenoxy) is 1. The van der Waals surface area contributed by atoms with Crippen molar-refractivity contribution in [3.05, 3.63) is 24.4 Å². The van der Waals surface area contributed by atoms with Gasteiger partial charge in [-0.25, -0.2) is 0 Å². The summed E-state index contributed by atoms with van der Waals surface area (Å²) in [5.74, 6) is 0.799. The normalized spacial score (nSPS) is 11.7. The number of rotatable bonds is 7. The summed E-state index contributed by atoms with van der Waals surface area (Å²) in [7, 11) is 0. The number of nitrogens with zero attached hydrogens (tertiary/aromatic N) is 3. The molecule has 0 amide bonds. The zero-order valence-electron chi connectivity index (χ0n) is 12.7. The Morgan fingerprint density at radius 1 is 1.45 bits per heavy atom. The van der Waals surface area contributed by atoms with Crippen molar-refractivity contribution in [3.8, 4) is 0 Å². The Labute approximate surface area is 119 Å². The van der Waals surface area contributed by atoms with E-state index in [0.717, 1.165) is 0 Å². The zero-order chi connectivity index (χ0) is 15.2. The maximum absolute atomic E-state index is 11.5. The standard InChI is InChI=1S/C14H23N3O3/c1-6-8-17(10-12(18)19-7-2)9-11-15-16-13(20-11)14(3,4)5/h6H,1,7-10H2,2-5H3. The van der Waals surface area contributed by atoms with Crippen molar-refractivity contribution in [2.45, 2.75) is 39.7 Å². The lowest BCUT2D eigenvalue weighted by molar-refractivity contribution is -0.144. The van der Waals surface area contributed by atoms with Gasteiger partial charge >= 0.3 is 5.97 Å². The van der Waals surface area contributed by atoms with E-state index < -0.39 is 0 Å². The van der Waals surface area contributed by atoms with Gasteiger partial charge in [0, 0.05) is 12.0 Å². The van der Waals surface area contributed by atoms with Gasteiger partial charge in [-0.1, -0.05) is 26.8 Å². The van der Waals surface area contributed by atoms with Crippen LogP contribution in [0.4, 0.5) is 0 Å². The molecule has 0 saturated heterocycles. The summed E-state index contributed by atoms with van der Waals surface area (Å²) in [4.78, 5) is 13.4. The van der Waals surface area contributed by atoms with Crippen molar-refractivity contribution in [3.63, 3.8) is 0 Å². The van der Waals surface area contributed by atoms with Crippen LogP contribution in [-0.2, 0) is 21.5 Å². The molecular formula is C14H23N3O3. The predicted molar refractivity (Wildman–Crippen MR) is 75.1 cm³/mol. The van der Waals surface area contributed by atoms with Crippen molar-refractivity contribution in [2.24, 2.45) is 0 Å². The van der Waals surface area contributed by atoms with Crippen LogP contribution in [0.2, 0.25) is 0 Å². The molecule has 0 saturated carbocycles. The maximum atomic E-state index is 11.5. The van der Waals surface area contributed by atoms with Gasteiger partial charge in [-0.2, -0.15) is 0 Å². The van der Waals surface area contributed by atoms with Crippen LogP contribution in [0.15, 0.2) is 17.1 Å². The molecule has 0 fully saturated rings. The molecule has 1 aromatic heterocycles. The molecule has 0 aliphatic heterocycles. The zero-order valence-corrected chi connectivity index (χ0v) is 12.7. The molecule has 0 atom stereocenters. The minimum absolute atomic E-state index is 0.174. The first-order chi connectivity index (χ1) is 9.36. The molecular weight excluding hydrogens is 258 g/mol. The van der Waals surface area contributed by atoms with Crippen molar-refractivity contribution < 1.29 is 13.9 Å². The third-order valence-electron chi connectivity index (χ3n) is 2.51. The van der Waals surface area contributed by atoms with Crippen molar-refractivity contribution in [2.75, 3.05) is 19.7 Å². The summed E-state index contributed by atoms with van der Waals surface area (Å²) in [5, 5.41) is 8.04. The summed E-state index contributed by atoms with van der Waals surface area (Å²) in [6, 6.07) is 0. The average Bonchev–Trinajstić information content (AvgIpc) is 2.77. The van der Waals surface area contributed by atoms with Gasteiger partial charge in [-0.05, 0) is 6.92 Å². The minimum Gasteiger partial charge on any atom is -0.465 e. The first-order valence-electron chi connectivity index (χ1n) is 6.68. The van der Waals surface area contributed by atoms with E-state index in [1.165, 1.54) is 0 Å². The number of esters is 1. The van der Waals surface area contributed by atoms with E-state index in [1.54, 1.807) is 13.0 Å². The third-order valence-corrected chi connectivity index (χ3v) is 2.51. The van der Waals surface area contributed by atoms with Crippen LogP contribution in [-0.4, -0.2) is 40.8 Å². The summed E-state index contributed by atoms with van der Waals surface area (Å²) in [5.41, 5.74) is -0.185. The van der Waals surface area contributed by atoms with Crippen LogP contribution in [0.3, 0.4) is 0 Å². The fourth-order valence-electron chi connectivity index (χ4n) is 1.57. The van der Waals surface area contributed by atoms with Gasteiger partial charge in [-0.15, -0.1) is 16.8 Å². The lowest BCUT2D eigenvalue weighted by Gasteiger charge is -2.17. The smallest absolute Gasteiger partial charge is 0.320 e. The molecule has 1 heterocycles. The van der Waals surface area contributed by atoms with Crippen LogP contribution < -0.4 is 0 Å². The molecule has 6 nitrogen and oxygen atoms in total. The molecule has 6 heteroatoms. The van der Waals surface area contributed by atoms with Crippen LogP contribution in [0.1, 0.15) is 39.5 Å². The topological polar surface area (TPSA) is 68.5 Å². The molecule has 112 valence electrons. The molecule has 0 aromatic carbocycles. The molecule has 0 spiro atoms. The van der Waals surface area contributed by atoms with Crippen LogP contribution in [0.25, 0.3) is 0 Å². The monoisotopic (exact) mass is 281 g/mol. The Kier molecular flexibility index (Phi) is 5.88. The first kappa shape index (κ1) is 16.4. The van der Waals surface area contributed by atoms with Gasteiger partial charge in [-0.3, -0.25) is 9.69 Å². The van der Waals surface area contributed by atoms with Crippen molar-refractivity contribution in [1.82, 2.24) is 15.1 Å². The summed E-state index contributed by atoms with van der Waals surface area (Å²) in [6.07, 6.45) is 1.72. The van der Waals surface area contributed by atoms with Gasteiger partial charge < -0.3 is 9.15 Å². The minimum atomic E-state index is -0.273. The summed E-state index contributed by atoms with van der Waals surface area (Å²) < 4.78 is 10.6. The Morgan fingerprint density at radius 3 is 2.65 bits per heavy atom. The Morgan fingerprint density at radius 2 is 2.15 bits per heavy atom. The van der Waals surface area contributed by atoms with Crippen molar-refractivity contribution in [1.29, 1.82) is 0 Å². The molecule has 1 aromatic rings. The molecule has 0 unspecified atom stereocenters. The Balaban J connectivity index is 2.68. The van der Waals surface area contributed by atoms with E-state index in [1.807, 2.05) is 25.7 Å². The molecule has 0 N–H and O–H groups in total. The number of carbonyl (C=O) groups excluding carboxylic acids is 1. The highest BCUT2D eigenvalue weighted by Gasteiger charge is 2.22. The second-order valence-electron chi connectivity index (χ2n) is 5.51. The molecule has 0 aliphatic rings. The number of aromatic nitrogens is 2. The van der Waals surface area contributed by atoms with Crippen LogP contribution >= 0.6 is 0 Å². The van der Waals surface area contributed by atoms with Gasteiger partial charge in [0.1, 0.15) is 0 Å². The van der Waals surface area contributed by atoms with Crippen LogP contribution in [0, 0.1) is 0 Å². The van der Waals surface area contributed by atoms with E-state index in [-0.39, 0.29) is 17.9 Å². The van der Waals surface area contributed by atoms with Crippen molar-refractivity contribution >= 4 is 5.97 Å². The van der Waals surface area contributed by atoms with Gasteiger partial charge in [0.15, 0.2) is 0 Å². The number of carbonyl (C=O) groups is 1. The molecule has 0 bridgehead atoms. The largest absolute Gasteiger partial charge is 0.465 e. The fourth-order valence-corrected chi connectivity index (χ4v) is 1.57. The number of hydrogen-bond acceptors (Lipinski definition) is 6. The summed E-state index contributed by atoms with van der Waals surface area (Å²) >= 11 is 0. The van der Waals surface area contributed by atoms with E-state index in [9.17, 15) is 4.79 Å². The Bertz CT molecular complexity index is 449. The summed E-state index contributed by atoms with van der Waals surface area (Å²) in [6.45, 7) is 13.0. The highest BCUT2D eigenvalue weighted by atomic mass is 16.5. The van der Waals surface area contributed by atoms with Gasteiger partial charge in [0.2, 0.25) is 11.8 Å². The fraction of sp³-hybridized carbons (Fsp3) is 0.643. The maximum Gasteiger partial charge on any atom is 0.320 e. The lowest BCUT2D eigenvalue weighted by Crippen LogP contribution is -2.31. The van der Waals surface area contributed by atoms with E-state index in [2.05, 4.69) is 16.8 Å². The quantitative estimate of drug-likeness (QED) is 0.562. The van der Waals surface area contributed by atoms with E-state index >= 15 is 0 Å². The second-order valence-corrected chi connectivity index (χ2v) is 5.51. The first-order valence-corrected chi connectivity index (χ1v) is 6.68. The highest BCUT2D eigenvalue weighted by Crippen LogP contribution is 2.20. The van der Waals surface area contributed by atoms with E-state index in [0.29, 0.717) is 31.5 Å². The average molecular weight is 281 g/mol.